The zero-order valence-electron chi connectivity index (χ0n) is 36.8. The molecule has 9 aromatic carbocycles. The molecule has 0 amide bonds. The molecule has 0 aliphatic carbocycles. The predicted molar refractivity (Wildman–Crippen MR) is 273 cm³/mol. The molecule has 2 heterocycles. The van der Waals surface area contributed by atoms with Crippen molar-refractivity contribution >= 4 is 21.8 Å². The van der Waals surface area contributed by atoms with E-state index in [2.05, 4.69) is 89.5 Å². The van der Waals surface area contributed by atoms with E-state index in [1.807, 2.05) is 152 Å². The lowest BCUT2D eigenvalue weighted by molar-refractivity contribution is 1.17. The number of rotatable bonds is 8. The van der Waals surface area contributed by atoms with Gasteiger partial charge in [-0.05, 0) is 124 Å². The maximum Gasteiger partial charge on any atom is 0.160 e. The van der Waals surface area contributed by atoms with Gasteiger partial charge in [-0.1, -0.05) is 121 Å². The molecule has 0 unspecified atom stereocenters. The van der Waals surface area contributed by atoms with Crippen LogP contribution in [0.25, 0.3) is 106 Å². The third-order valence-electron chi connectivity index (χ3n) is 12.6. The summed E-state index contributed by atoms with van der Waals surface area (Å²) in [6.07, 6.45) is 0. The zero-order valence-corrected chi connectivity index (χ0v) is 36.8. The molecule has 0 N–H and O–H groups in total. The standard InChI is InChI=1S/C62H35N7/c63-36-40-11-19-44(20-12-40)50-27-29-59-55(31-50)56-32-51(45-21-13-41(37-64)14-22-45)28-30-60(56)69(59)61-53(46-23-15-42(38-65)16-24-46)33-52(34-54(61)47-25-17-43(39-66)18-26-47)58-35-57(48-7-3-1-4-8-48)67-62(68-58)49-9-5-2-6-10-49/h1-35H. The highest BCUT2D eigenvalue weighted by Gasteiger charge is 2.24. The van der Waals surface area contributed by atoms with Gasteiger partial charge in [-0.15, -0.1) is 0 Å². The summed E-state index contributed by atoms with van der Waals surface area (Å²) in [5, 5.41) is 41.1. The van der Waals surface area contributed by atoms with Crippen LogP contribution in [0, 0.1) is 45.3 Å². The van der Waals surface area contributed by atoms with Crippen LogP contribution in [0.4, 0.5) is 0 Å². The number of hydrogen-bond acceptors (Lipinski definition) is 6. The second-order valence-electron chi connectivity index (χ2n) is 16.7. The number of nitriles is 4. The lowest BCUT2D eigenvalue weighted by Gasteiger charge is -2.21. The number of fused-ring (bicyclic) bond motifs is 3. The highest BCUT2D eigenvalue weighted by atomic mass is 15.0. The first-order valence-electron chi connectivity index (χ1n) is 22.3. The van der Waals surface area contributed by atoms with E-state index in [0.29, 0.717) is 28.1 Å². The molecule has 0 atom stereocenters. The van der Waals surface area contributed by atoms with Crippen LogP contribution in [0.2, 0.25) is 0 Å². The molecule has 0 aliphatic rings. The Morgan fingerprint density at radius 1 is 0.304 bits per heavy atom. The molecule has 2 aromatic heterocycles. The second-order valence-corrected chi connectivity index (χ2v) is 16.7. The van der Waals surface area contributed by atoms with Gasteiger partial charge in [0.15, 0.2) is 5.82 Å². The van der Waals surface area contributed by atoms with Gasteiger partial charge >= 0.3 is 0 Å². The maximum atomic E-state index is 9.95. The SMILES string of the molecule is N#Cc1ccc(-c2ccc3c(c2)c2cc(-c4ccc(C#N)cc4)ccc2n3-c2c(-c3ccc(C#N)cc3)cc(-c3cc(-c4ccccc4)nc(-c4ccccc4)n3)cc2-c2ccc(C#N)cc2)cc1. The second kappa shape index (κ2) is 17.7. The number of aromatic nitrogens is 3. The minimum absolute atomic E-state index is 0.544. The van der Waals surface area contributed by atoms with Crippen molar-refractivity contribution in [3.05, 3.63) is 235 Å². The molecule has 0 aliphatic heterocycles. The van der Waals surface area contributed by atoms with E-state index in [0.717, 1.165) is 100 Å². The fourth-order valence-electron chi connectivity index (χ4n) is 9.08. The van der Waals surface area contributed by atoms with E-state index in [1.165, 1.54) is 0 Å². The maximum absolute atomic E-state index is 9.95. The summed E-state index contributed by atoms with van der Waals surface area (Å²) < 4.78 is 2.32. The number of nitrogens with zero attached hydrogens (tertiary/aromatic N) is 7. The molecule has 0 spiro atoms. The molecule has 7 heteroatoms. The molecule has 11 aromatic rings. The first kappa shape index (κ1) is 41.5. The largest absolute Gasteiger partial charge is 0.308 e. The number of hydrogen-bond donors (Lipinski definition) is 0. The van der Waals surface area contributed by atoms with Gasteiger partial charge in [0.05, 0.1) is 74.6 Å². The Morgan fingerprint density at radius 2 is 0.667 bits per heavy atom. The quantitative estimate of drug-likeness (QED) is 0.150. The third kappa shape index (κ3) is 7.82. The van der Waals surface area contributed by atoms with Gasteiger partial charge in [-0.25, -0.2) is 9.97 Å². The van der Waals surface area contributed by atoms with Crippen LogP contribution >= 0.6 is 0 Å². The van der Waals surface area contributed by atoms with Gasteiger partial charge in [0.25, 0.3) is 0 Å². The van der Waals surface area contributed by atoms with Crippen LogP contribution < -0.4 is 0 Å². The fourth-order valence-corrected chi connectivity index (χ4v) is 9.08. The van der Waals surface area contributed by atoms with E-state index in [4.69, 9.17) is 9.97 Å². The van der Waals surface area contributed by atoms with E-state index in [1.54, 1.807) is 0 Å². The van der Waals surface area contributed by atoms with Gasteiger partial charge in [-0.3, -0.25) is 0 Å². The van der Waals surface area contributed by atoms with E-state index >= 15 is 0 Å². The van der Waals surface area contributed by atoms with Crippen molar-refractivity contribution in [2.75, 3.05) is 0 Å². The minimum atomic E-state index is 0.544. The summed E-state index contributed by atoms with van der Waals surface area (Å²) in [6.45, 7) is 0. The van der Waals surface area contributed by atoms with Gasteiger partial charge in [0, 0.05) is 38.6 Å². The van der Waals surface area contributed by atoms with Crippen molar-refractivity contribution in [3.63, 3.8) is 0 Å². The molecular formula is C62H35N7. The lowest BCUT2D eigenvalue weighted by atomic mass is 9.91. The van der Waals surface area contributed by atoms with Gasteiger partial charge < -0.3 is 4.57 Å². The minimum Gasteiger partial charge on any atom is -0.308 e. The van der Waals surface area contributed by atoms with Crippen molar-refractivity contribution in [2.24, 2.45) is 0 Å². The molecule has 69 heavy (non-hydrogen) atoms. The average Bonchev–Trinajstić information content (AvgIpc) is 3.75. The fraction of sp³-hybridized carbons (Fsp3) is 0. The Hall–Kier alpha value is -10.2. The predicted octanol–water partition coefficient (Wildman–Crippen LogP) is 14.7. The molecule has 0 saturated carbocycles. The number of benzene rings is 9. The summed E-state index contributed by atoms with van der Waals surface area (Å²) in [5.74, 6) is 0.592. The Labute approximate surface area is 398 Å². The molecule has 0 saturated heterocycles. The smallest absolute Gasteiger partial charge is 0.160 e. The Morgan fingerprint density at radius 3 is 1.07 bits per heavy atom. The summed E-state index contributed by atoms with van der Waals surface area (Å²) in [7, 11) is 0. The lowest BCUT2D eigenvalue weighted by Crippen LogP contribution is -2.03. The van der Waals surface area contributed by atoms with Crippen molar-refractivity contribution in [1.82, 2.24) is 14.5 Å². The normalized spacial score (nSPS) is 10.8. The Balaban J connectivity index is 1.25. The molecule has 318 valence electrons. The molecule has 7 nitrogen and oxygen atoms in total. The van der Waals surface area contributed by atoms with Crippen molar-refractivity contribution in [3.8, 4) is 108 Å². The van der Waals surface area contributed by atoms with Crippen LogP contribution in [0.5, 0.6) is 0 Å². The van der Waals surface area contributed by atoms with Crippen LogP contribution in [0.1, 0.15) is 22.3 Å². The van der Waals surface area contributed by atoms with E-state index in [9.17, 15) is 21.0 Å². The summed E-state index contributed by atoms with van der Waals surface area (Å²) >= 11 is 0. The Kier molecular flexibility index (Phi) is 10.6. The van der Waals surface area contributed by atoms with E-state index in [-0.39, 0.29) is 0 Å². The van der Waals surface area contributed by atoms with Gasteiger partial charge in [-0.2, -0.15) is 21.0 Å². The molecule has 0 radical (unpaired) electrons. The van der Waals surface area contributed by atoms with Crippen LogP contribution in [0.3, 0.4) is 0 Å². The zero-order chi connectivity index (χ0) is 46.8. The average molecular weight is 878 g/mol. The van der Waals surface area contributed by atoms with Crippen molar-refractivity contribution in [2.45, 2.75) is 0 Å². The van der Waals surface area contributed by atoms with Crippen LogP contribution in [-0.2, 0) is 0 Å². The first-order chi connectivity index (χ1) is 34.0. The molecule has 0 fully saturated rings. The van der Waals surface area contributed by atoms with Crippen molar-refractivity contribution < 1.29 is 0 Å². The summed E-state index contributed by atoms with van der Waals surface area (Å²) in [6, 6.07) is 79.2. The molecule has 0 bridgehead atoms. The topological polar surface area (TPSA) is 126 Å². The summed E-state index contributed by atoms with van der Waals surface area (Å²) in [5.41, 5.74) is 16.8. The molecular weight excluding hydrogens is 843 g/mol. The highest BCUT2D eigenvalue weighted by Crippen LogP contribution is 2.45. The monoisotopic (exact) mass is 877 g/mol. The summed E-state index contributed by atoms with van der Waals surface area (Å²) in [4.78, 5) is 10.4. The highest BCUT2D eigenvalue weighted by molar-refractivity contribution is 6.13. The van der Waals surface area contributed by atoms with Gasteiger partial charge in [0.1, 0.15) is 0 Å². The Bertz CT molecular complexity index is 3690. The van der Waals surface area contributed by atoms with Crippen LogP contribution in [0.15, 0.2) is 212 Å². The first-order valence-corrected chi connectivity index (χ1v) is 22.3. The molecule has 11 rings (SSSR count). The van der Waals surface area contributed by atoms with Crippen molar-refractivity contribution in [1.29, 1.82) is 21.0 Å². The third-order valence-corrected chi connectivity index (χ3v) is 12.6. The van der Waals surface area contributed by atoms with Gasteiger partial charge in [0.2, 0.25) is 0 Å². The van der Waals surface area contributed by atoms with Crippen LogP contribution in [-0.4, -0.2) is 14.5 Å². The van der Waals surface area contributed by atoms with E-state index < -0.39 is 0 Å².